The Labute approximate surface area is 139 Å². The lowest BCUT2D eigenvalue weighted by atomic mass is 9.94. The number of allylic oxidation sites excluding steroid dienone is 1. The van der Waals surface area contributed by atoms with Gasteiger partial charge in [0.05, 0.1) is 20.3 Å². The first-order chi connectivity index (χ1) is 11.6. The molecule has 3 rings (SSSR count). The summed E-state index contributed by atoms with van der Waals surface area (Å²) in [7, 11) is 1.61. The number of rotatable bonds is 5. The Morgan fingerprint density at radius 3 is 2.71 bits per heavy atom. The van der Waals surface area contributed by atoms with Crippen molar-refractivity contribution in [3.05, 3.63) is 54.1 Å². The molecule has 0 saturated carbocycles. The maximum absolute atomic E-state index is 11.8. The lowest BCUT2D eigenvalue weighted by molar-refractivity contribution is -0.255. The van der Waals surface area contributed by atoms with Crippen LogP contribution in [0.2, 0.25) is 0 Å². The number of carbonyl (C=O) groups excluding carboxylic acids is 2. The van der Waals surface area contributed by atoms with E-state index in [2.05, 4.69) is 0 Å². The predicted molar refractivity (Wildman–Crippen MR) is 84.5 cm³/mol. The molecule has 0 aliphatic carbocycles. The van der Waals surface area contributed by atoms with E-state index >= 15 is 0 Å². The number of hydrogen-bond donors (Lipinski definition) is 0. The van der Waals surface area contributed by atoms with E-state index in [1.54, 1.807) is 13.2 Å². The Kier molecular flexibility index (Phi) is 4.78. The van der Waals surface area contributed by atoms with Gasteiger partial charge in [0.1, 0.15) is 5.75 Å². The van der Waals surface area contributed by atoms with Crippen molar-refractivity contribution in [1.82, 2.24) is 0 Å². The Morgan fingerprint density at radius 2 is 2.08 bits per heavy atom. The Morgan fingerprint density at radius 1 is 1.33 bits per heavy atom. The lowest BCUT2D eigenvalue weighted by Crippen LogP contribution is -2.60. The highest BCUT2D eigenvalue weighted by molar-refractivity contribution is 5.98. The molecular weight excluding hydrogens is 312 g/mol. The van der Waals surface area contributed by atoms with Crippen LogP contribution in [0.4, 0.5) is 0 Å². The van der Waals surface area contributed by atoms with Gasteiger partial charge in [0.2, 0.25) is 6.29 Å². The van der Waals surface area contributed by atoms with Crippen molar-refractivity contribution in [2.24, 2.45) is 0 Å². The van der Waals surface area contributed by atoms with Crippen LogP contribution < -0.4 is 4.74 Å². The summed E-state index contributed by atoms with van der Waals surface area (Å²) in [5.41, 5.74) is 0.0665. The van der Waals surface area contributed by atoms with Gasteiger partial charge in [-0.1, -0.05) is 18.2 Å². The number of esters is 1. The summed E-state index contributed by atoms with van der Waals surface area (Å²) in [5, 5.41) is 0. The van der Waals surface area contributed by atoms with Crippen LogP contribution in [0, 0.1) is 0 Å². The van der Waals surface area contributed by atoms with Crippen LogP contribution >= 0.6 is 0 Å². The maximum Gasteiger partial charge on any atom is 0.332 e. The zero-order valence-electron chi connectivity index (χ0n) is 13.3. The fourth-order valence-corrected chi connectivity index (χ4v) is 2.41. The van der Waals surface area contributed by atoms with Crippen molar-refractivity contribution in [3.8, 4) is 5.75 Å². The smallest absolute Gasteiger partial charge is 0.332 e. The lowest BCUT2D eigenvalue weighted by Gasteiger charge is -2.42. The van der Waals surface area contributed by atoms with Crippen molar-refractivity contribution in [3.63, 3.8) is 0 Å². The van der Waals surface area contributed by atoms with Crippen LogP contribution in [0.25, 0.3) is 0 Å². The van der Waals surface area contributed by atoms with Gasteiger partial charge in [0.15, 0.2) is 11.4 Å². The first-order valence-electron chi connectivity index (χ1n) is 7.60. The van der Waals surface area contributed by atoms with E-state index in [-0.39, 0.29) is 19.0 Å². The van der Waals surface area contributed by atoms with Crippen LogP contribution in [-0.4, -0.2) is 44.0 Å². The van der Waals surface area contributed by atoms with Gasteiger partial charge in [-0.2, -0.15) is 0 Å². The van der Waals surface area contributed by atoms with E-state index in [1.165, 1.54) is 18.2 Å². The quantitative estimate of drug-likeness (QED) is 0.603. The molecule has 1 aromatic carbocycles. The van der Waals surface area contributed by atoms with E-state index in [0.29, 0.717) is 6.42 Å². The van der Waals surface area contributed by atoms with E-state index < -0.39 is 17.9 Å². The zero-order valence-corrected chi connectivity index (χ0v) is 13.3. The minimum Gasteiger partial charge on any atom is -0.497 e. The van der Waals surface area contributed by atoms with Gasteiger partial charge in [-0.15, -0.1) is 0 Å². The molecular formula is C18H18O6. The number of benzene rings is 1. The van der Waals surface area contributed by atoms with Crippen molar-refractivity contribution in [2.45, 2.75) is 18.3 Å². The fourth-order valence-electron chi connectivity index (χ4n) is 2.41. The molecule has 0 bridgehead atoms. The fraction of sp³-hybridized carbons (Fsp3) is 0.333. The molecule has 6 heteroatoms. The summed E-state index contributed by atoms with van der Waals surface area (Å²) in [6.07, 6.45) is 5.60. The molecule has 2 aliphatic heterocycles. The van der Waals surface area contributed by atoms with Gasteiger partial charge in [0.25, 0.3) is 0 Å². The first-order valence-corrected chi connectivity index (χ1v) is 7.60. The highest BCUT2D eigenvalue weighted by Gasteiger charge is 2.49. The van der Waals surface area contributed by atoms with Gasteiger partial charge < -0.3 is 18.9 Å². The molecule has 0 N–H and O–H groups in total. The second-order valence-corrected chi connectivity index (χ2v) is 5.59. The summed E-state index contributed by atoms with van der Waals surface area (Å²) < 4.78 is 20.8. The number of ketones is 1. The van der Waals surface area contributed by atoms with Gasteiger partial charge >= 0.3 is 5.97 Å². The van der Waals surface area contributed by atoms with Crippen molar-refractivity contribution in [2.75, 3.05) is 20.3 Å². The highest BCUT2D eigenvalue weighted by Crippen LogP contribution is 2.29. The minimum absolute atomic E-state index is 0.156. The van der Waals surface area contributed by atoms with Gasteiger partial charge in [-0.3, -0.25) is 4.79 Å². The number of methoxy groups -OCH3 is 1. The average Bonchev–Trinajstić information content (AvgIpc) is 2.56. The second-order valence-electron chi connectivity index (χ2n) is 5.59. The van der Waals surface area contributed by atoms with Crippen molar-refractivity contribution >= 4 is 11.8 Å². The summed E-state index contributed by atoms with van der Waals surface area (Å²) in [6, 6.07) is 7.57. The molecule has 2 heterocycles. The third kappa shape index (κ3) is 3.55. The monoisotopic (exact) mass is 330 g/mol. The largest absolute Gasteiger partial charge is 0.497 e. The normalized spacial score (nSPS) is 21.7. The third-order valence-electron chi connectivity index (χ3n) is 3.86. The topological polar surface area (TPSA) is 71.1 Å². The molecule has 1 fully saturated rings. The maximum atomic E-state index is 11.8. The summed E-state index contributed by atoms with van der Waals surface area (Å²) >= 11 is 0. The van der Waals surface area contributed by atoms with Gasteiger partial charge in [-0.05, 0) is 36.3 Å². The average molecular weight is 330 g/mol. The van der Waals surface area contributed by atoms with E-state index in [0.717, 1.165) is 11.3 Å². The van der Waals surface area contributed by atoms with Crippen molar-refractivity contribution < 1.29 is 28.5 Å². The molecule has 6 nitrogen and oxygen atoms in total. The van der Waals surface area contributed by atoms with Crippen LogP contribution in [0.5, 0.6) is 5.75 Å². The Bertz CT molecular complexity index is 669. The van der Waals surface area contributed by atoms with E-state index in [9.17, 15) is 9.59 Å². The van der Waals surface area contributed by atoms with Crippen molar-refractivity contribution in [1.29, 1.82) is 0 Å². The van der Waals surface area contributed by atoms with Gasteiger partial charge in [-0.25, -0.2) is 4.79 Å². The first kappa shape index (κ1) is 16.4. The molecule has 0 unspecified atom stereocenters. The summed E-state index contributed by atoms with van der Waals surface area (Å²) in [4.78, 5) is 23.6. The van der Waals surface area contributed by atoms with Crippen LogP contribution in [0.15, 0.2) is 48.6 Å². The molecule has 0 aromatic heterocycles. The molecule has 1 saturated heterocycles. The molecule has 126 valence electrons. The highest BCUT2D eigenvalue weighted by atomic mass is 16.7. The van der Waals surface area contributed by atoms with Gasteiger partial charge in [0, 0.05) is 6.08 Å². The molecule has 1 aromatic rings. The summed E-state index contributed by atoms with van der Waals surface area (Å²) in [6.45, 7) is 0.384. The Balaban J connectivity index is 1.50. The standard InChI is InChI=1S/C18H18O6/c1-21-14-7-5-13(6-8-14)3-2-4-16(20)23-17-10-9-15(19)18(24-17)11-22-12-18/h2,4-10,17H,3,11-12H2,1H3/b4-2+/t17-/m1/s1. The minimum atomic E-state index is -0.980. The van der Waals surface area contributed by atoms with Crippen LogP contribution in [0.1, 0.15) is 5.56 Å². The SMILES string of the molecule is COc1ccc(C/C=C/C(=O)O[C@H]2C=CC(=O)C3(COC3)O2)cc1. The number of carbonyl (C=O) groups is 2. The van der Waals surface area contributed by atoms with Crippen LogP contribution in [0.3, 0.4) is 0 Å². The predicted octanol–water partition coefficient (Wildman–Crippen LogP) is 1.59. The molecule has 0 radical (unpaired) electrons. The molecule has 1 atom stereocenters. The third-order valence-corrected chi connectivity index (χ3v) is 3.86. The van der Waals surface area contributed by atoms with E-state index in [1.807, 2.05) is 24.3 Å². The zero-order chi connectivity index (χ0) is 17.0. The number of ether oxygens (including phenoxy) is 4. The van der Waals surface area contributed by atoms with Crippen LogP contribution in [-0.2, 0) is 30.2 Å². The molecule has 1 spiro atoms. The summed E-state index contributed by atoms with van der Waals surface area (Å²) in [5.74, 6) is 0.103. The second kappa shape index (κ2) is 6.98. The van der Waals surface area contributed by atoms with E-state index in [4.69, 9.17) is 18.9 Å². The Hall–Kier alpha value is -2.44. The molecule has 24 heavy (non-hydrogen) atoms. The number of hydrogen-bond acceptors (Lipinski definition) is 6. The molecule has 0 amide bonds. The molecule has 2 aliphatic rings.